The van der Waals surface area contributed by atoms with E-state index in [-0.39, 0.29) is 22.6 Å². The Morgan fingerprint density at radius 3 is 2.00 bits per heavy atom. The molecule has 0 atom stereocenters. The molecular formula is C19H9F6N3. The molecule has 0 spiro atoms. The topological polar surface area (TPSA) is 49.6 Å². The van der Waals surface area contributed by atoms with E-state index in [1.54, 1.807) is 12.1 Å². The zero-order chi connectivity index (χ0) is 20.5. The molecule has 3 rings (SSSR count). The van der Waals surface area contributed by atoms with E-state index >= 15 is 0 Å². The fourth-order valence-electron chi connectivity index (χ4n) is 2.55. The Morgan fingerprint density at radius 2 is 1.50 bits per heavy atom. The highest BCUT2D eigenvalue weighted by atomic mass is 19.4. The van der Waals surface area contributed by atoms with Gasteiger partial charge in [0.1, 0.15) is 6.07 Å². The van der Waals surface area contributed by atoms with Crippen molar-refractivity contribution in [2.75, 3.05) is 0 Å². The molecule has 9 heteroatoms. The SMILES string of the molecule is N#Cc1c(C(F)(F)F)cc(-c2ccccn2)nc1-c1ccc(C(F)(F)F)cc1. The second-order valence-corrected chi connectivity index (χ2v) is 5.68. The number of nitrogens with zero attached hydrogens (tertiary/aromatic N) is 3. The standard InChI is InChI=1S/C19H9F6N3/c20-18(21,22)12-6-4-11(5-7-12)17-13(10-26)14(19(23,24)25)9-16(28-17)15-3-1-2-8-27-15/h1-9H. The van der Waals surface area contributed by atoms with Crippen molar-refractivity contribution in [3.8, 4) is 28.7 Å². The van der Waals surface area contributed by atoms with Gasteiger partial charge in [0.15, 0.2) is 0 Å². The molecule has 2 aromatic heterocycles. The molecule has 3 aromatic rings. The number of pyridine rings is 2. The molecule has 0 saturated carbocycles. The summed E-state index contributed by atoms with van der Waals surface area (Å²) >= 11 is 0. The number of nitriles is 1. The number of alkyl halides is 6. The van der Waals surface area contributed by atoms with Gasteiger partial charge in [-0.2, -0.15) is 31.6 Å². The average molecular weight is 393 g/mol. The van der Waals surface area contributed by atoms with Crippen LogP contribution in [-0.2, 0) is 12.4 Å². The number of benzene rings is 1. The maximum atomic E-state index is 13.5. The van der Waals surface area contributed by atoms with Gasteiger partial charge >= 0.3 is 12.4 Å². The number of halogens is 6. The van der Waals surface area contributed by atoms with E-state index < -0.39 is 29.0 Å². The summed E-state index contributed by atoms with van der Waals surface area (Å²) in [4.78, 5) is 8.03. The van der Waals surface area contributed by atoms with Crippen LogP contribution < -0.4 is 0 Å². The van der Waals surface area contributed by atoms with Gasteiger partial charge in [0.25, 0.3) is 0 Å². The average Bonchev–Trinajstić information content (AvgIpc) is 2.66. The van der Waals surface area contributed by atoms with Gasteiger partial charge in [-0.25, -0.2) is 4.98 Å². The van der Waals surface area contributed by atoms with Crippen LogP contribution in [0.4, 0.5) is 26.3 Å². The van der Waals surface area contributed by atoms with E-state index in [0.717, 1.165) is 24.3 Å². The molecule has 0 aliphatic carbocycles. The predicted molar refractivity (Wildman–Crippen MR) is 87.6 cm³/mol. The second kappa shape index (κ2) is 6.96. The van der Waals surface area contributed by atoms with Crippen molar-refractivity contribution in [3.05, 3.63) is 71.4 Å². The highest BCUT2D eigenvalue weighted by Gasteiger charge is 2.36. The lowest BCUT2D eigenvalue weighted by atomic mass is 9.98. The lowest BCUT2D eigenvalue weighted by molar-refractivity contribution is -0.138. The van der Waals surface area contributed by atoms with Crippen molar-refractivity contribution in [1.29, 1.82) is 5.26 Å². The van der Waals surface area contributed by atoms with E-state index in [1.807, 2.05) is 0 Å². The van der Waals surface area contributed by atoms with E-state index in [9.17, 15) is 31.6 Å². The minimum Gasteiger partial charge on any atom is -0.255 e. The molecule has 1 aromatic carbocycles. The summed E-state index contributed by atoms with van der Waals surface area (Å²) in [5, 5.41) is 9.28. The van der Waals surface area contributed by atoms with Gasteiger partial charge in [-0.05, 0) is 30.3 Å². The Hall–Kier alpha value is -3.41. The van der Waals surface area contributed by atoms with Crippen molar-refractivity contribution >= 4 is 0 Å². The lowest BCUT2D eigenvalue weighted by Gasteiger charge is -2.15. The maximum Gasteiger partial charge on any atom is 0.417 e. The van der Waals surface area contributed by atoms with Crippen molar-refractivity contribution in [2.24, 2.45) is 0 Å². The number of aromatic nitrogens is 2. The van der Waals surface area contributed by atoms with E-state index in [2.05, 4.69) is 9.97 Å². The van der Waals surface area contributed by atoms with E-state index in [4.69, 9.17) is 0 Å². The molecule has 2 heterocycles. The number of rotatable bonds is 2. The molecule has 28 heavy (non-hydrogen) atoms. The van der Waals surface area contributed by atoms with Crippen molar-refractivity contribution < 1.29 is 26.3 Å². The van der Waals surface area contributed by atoms with Crippen molar-refractivity contribution in [1.82, 2.24) is 9.97 Å². The summed E-state index contributed by atoms with van der Waals surface area (Å²) in [6.07, 6.45) is -8.10. The van der Waals surface area contributed by atoms with Gasteiger partial charge < -0.3 is 0 Å². The summed E-state index contributed by atoms with van der Waals surface area (Å²) in [5.41, 5.74) is -3.41. The largest absolute Gasteiger partial charge is 0.417 e. The van der Waals surface area contributed by atoms with Crippen LogP contribution in [0.3, 0.4) is 0 Å². The summed E-state index contributed by atoms with van der Waals surface area (Å²) < 4.78 is 78.7. The van der Waals surface area contributed by atoms with Crippen LogP contribution >= 0.6 is 0 Å². The van der Waals surface area contributed by atoms with Gasteiger partial charge in [-0.1, -0.05) is 18.2 Å². The highest BCUT2D eigenvalue weighted by Crippen LogP contribution is 2.38. The van der Waals surface area contributed by atoms with Crippen LogP contribution in [0, 0.1) is 11.3 Å². The minimum atomic E-state index is -4.86. The number of hydrogen-bond acceptors (Lipinski definition) is 3. The molecule has 0 radical (unpaired) electrons. The third kappa shape index (κ3) is 3.81. The molecular weight excluding hydrogens is 384 g/mol. The van der Waals surface area contributed by atoms with Crippen molar-refractivity contribution in [2.45, 2.75) is 12.4 Å². The fraction of sp³-hybridized carbons (Fsp3) is 0.105. The summed E-state index contributed by atoms with van der Waals surface area (Å²) in [5.74, 6) is 0. The molecule has 0 aliphatic rings. The third-order valence-electron chi connectivity index (χ3n) is 3.85. The molecule has 0 unspecified atom stereocenters. The van der Waals surface area contributed by atoms with Crippen LogP contribution in [0.1, 0.15) is 16.7 Å². The zero-order valence-electron chi connectivity index (χ0n) is 13.8. The molecule has 0 amide bonds. The maximum absolute atomic E-state index is 13.5. The molecule has 0 saturated heterocycles. The molecule has 0 N–H and O–H groups in total. The summed E-state index contributed by atoms with van der Waals surface area (Å²) in [6, 6.07) is 10.1. The smallest absolute Gasteiger partial charge is 0.255 e. The Kier molecular flexibility index (Phi) is 4.81. The first-order valence-corrected chi connectivity index (χ1v) is 7.72. The van der Waals surface area contributed by atoms with Gasteiger partial charge in [0.05, 0.1) is 33.8 Å². The van der Waals surface area contributed by atoms with Crippen LogP contribution in [0.5, 0.6) is 0 Å². The quantitative estimate of drug-likeness (QED) is 0.523. The van der Waals surface area contributed by atoms with Crippen LogP contribution in [0.15, 0.2) is 54.7 Å². The van der Waals surface area contributed by atoms with Crippen LogP contribution in [-0.4, -0.2) is 9.97 Å². The monoisotopic (exact) mass is 393 g/mol. The van der Waals surface area contributed by atoms with E-state index in [0.29, 0.717) is 6.07 Å². The Morgan fingerprint density at radius 1 is 0.821 bits per heavy atom. The minimum absolute atomic E-state index is 0.0483. The summed E-state index contributed by atoms with van der Waals surface area (Å²) in [6.45, 7) is 0. The van der Waals surface area contributed by atoms with Gasteiger partial charge in [-0.15, -0.1) is 0 Å². The van der Waals surface area contributed by atoms with Gasteiger partial charge in [-0.3, -0.25) is 4.98 Å². The second-order valence-electron chi connectivity index (χ2n) is 5.68. The molecule has 142 valence electrons. The first-order chi connectivity index (χ1) is 13.1. The Labute approximate surface area is 154 Å². The fourth-order valence-corrected chi connectivity index (χ4v) is 2.55. The molecule has 0 aliphatic heterocycles. The normalized spacial score (nSPS) is 11.9. The summed E-state index contributed by atoms with van der Waals surface area (Å²) in [7, 11) is 0. The first-order valence-electron chi connectivity index (χ1n) is 7.72. The lowest BCUT2D eigenvalue weighted by Crippen LogP contribution is -2.11. The Bertz CT molecular complexity index is 1030. The van der Waals surface area contributed by atoms with Gasteiger partial charge in [0, 0.05) is 11.8 Å². The van der Waals surface area contributed by atoms with Crippen LogP contribution in [0.25, 0.3) is 22.6 Å². The molecule has 0 fully saturated rings. The Balaban J connectivity index is 2.26. The molecule has 0 bridgehead atoms. The first kappa shape index (κ1) is 19.4. The predicted octanol–water partition coefficient (Wildman–Crippen LogP) is 5.72. The van der Waals surface area contributed by atoms with Crippen LogP contribution in [0.2, 0.25) is 0 Å². The third-order valence-corrected chi connectivity index (χ3v) is 3.85. The molecule has 3 nitrogen and oxygen atoms in total. The van der Waals surface area contributed by atoms with Crippen molar-refractivity contribution in [3.63, 3.8) is 0 Å². The van der Waals surface area contributed by atoms with E-state index in [1.165, 1.54) is 18.3 Å². The number of hydrogen-bond donors (Lipinski definition) is 0. The highest BCUT2D eigenvalue weighted by molar-refractivity contribution is 5.73. The zero-order valence-corrected chi connectivity index (χ0v) is 13.8. The van der Waals surface area contributed by atoms with Gasteiger partial charge in [0.2, 0.25) is 0 Å².